The summed E-state index contributed by atoms with van der Waals surface area (Å²) in [4.78, 5) is 23.7. The quantitative estimate of drug-likeness (QED) is 0.666. The summed E-state index contributed by atoms with van der Waals surface area (Å²) in [6, 6.07) is 4.18. The number of hydrogen-bond acceptors (Lipinski definition) is 5. The van der Waals surface area contributed by atoms with Gasteiger partial charge in [-0.2, -0.15) is 0 Å². The first-order chi connectivity index (χ1) is 9.95. The summed E-state index contributed by atoms with van der Waals surface area (Å²) in [6.45, 7) is 0. The van der Waals surface area contributed by atoms with Crippen LogP contribution in [0.25, 0.3) is 11.0 Å². The predicted octanol–water partition coefficient (Wildman–Crippen LogP) is 1.10. The lowest BCUT2D eigenvalue weighted by Gasteiger charge is -2.07. The van der Waals surface area contributed by atoms with E-state index in [1.807, 2.05) is 0 Å². The van der Waals surface area contributed by atoms with Crippen molar-refractivity contribution in [1.29, 1.82) is 0 Å². The summed E-state index contributed by atoms with van der Waals surface area (Å²) >= 11 is 5.76. The molecule has 3 rings (SSSR count). The molecule has 0 fully saturated rings. The molecule has 0 saturated carbocycles. The van der Waals surface area contributed by atoms with Crippen LogP contribution in [0.15, 0.2) is 40.3 Å². The van der Waals surface area contributed by atoms with Gasteiger partial charge in [0.25, 0.3) is 10.0 Å². The number of fused-ring (bicyclic) bond motifs is 1. The summed E-state index contributed by atoms with van der Waals surface area (Å²) in [7, 11) is -3.89. The van der Waals surface area contributed by atoms with Crippen LogP contribution in [0.5, 0.6) is 0 Å². The molecule has 0 amide bonds. The molecule has 21 heavy (non-hydrogen) atoms. The number of aromatic nitrogens is 4. The first kappa shape index (κ1) is 13.6. The minimum Gasteiger partial charge on any atom is -0.306 e. The Kier molecular flexibility index (Phi) is 3.15. The number of nitrogens with one attached hydrogen (secondary N) is 3. The van der Waals surface area contributed by atoms with Crippen LogP contribution in [0, 0.1) is 0 Å². The van der Waals surface area contributed by atoms with Crippen molar-refractivity contribution in [3.8, 4) is 0 Å². The Morgan fingerprint density at radius 2 is 1.81 bits per heavy atom. The van der Waals surface area contributed by atoms with E-state index in [2.05, 4.69) is 24.7 Å². The van der Waals surface area contributed by atoms with Crippen molar-refractivity contribution in [1.82, 2.24) is 19.9 Å². The zero-order valence-corrected chi connectivity index (χ0v) is 11.9. The maximum Gasteiger partial charge on any atom is 0.323 e. The number of benzene rings is 1. The fraction of sp³-hybridized carbons (Fsp3) is 0. The van der Waals surface area contributed by atoms with Crippen molar-refractivity contribution in [2.45, 2.75) is 4.90 Å². The Hall–Kier alpha value is -2.39. The standard InChI is InChI=1S/C11H8ClN5O3S/c12-9-10(14-4-3-13-9)17-21(19,20)6-1-2-7-8(5-6)16-11(18)15-7/h1-5H,(H,14,17)(H2,15,16,18). The lowest BCUT2D eigenvalue weighted by molar-refractivity contribution is 0.601. The van der Waals surface area contributed by atoms with E-state index in [9.17, 15) is 13.2 Å². The summed E-state index contributed by atoms with van der Waals surface area (Å²) in [6.07, 6.45) is 2.66. The third-order valence-corrected chi connectivity index (χ3v) is 4.30. The molecule has 0 aliphatic rings. The first-order valence-electron chi connectivity index (χ1n) is 5.67. The summed E-state index contributed by atoms with van der Waals surface area (Å²) in [5.74, 6) is -0.0678. The third-order valence-electron chi connectivity index (χ3n) is 2.68. The van der Waals surface area contributed by atoms with Crippen molar-refractivity contribution in [3.63, 3.8) is 0 Å². The molecule has 0 atom stereocenters. The van der Waals surface area contributed by atoms with Crippen LogP contribution in [0.1, 0.15) is 0 Å². The lowest BCUT2D eigenvalue weighted by Crippen LogP contribution is -2.14. The van der Waals surface area contributed by atoms with E-state index < -0.39 is 15.7 Å². The Balaban J connectivity index is 2.03. The van der Waals surface area contributed by atoms with E-state index in [0.29, 0.717) is 11.0 Å². The number of rotatable bonds is 3. The van der Waals surface area contributed by atoms with E-state index >= 15 is 0 Å². The fourth-order valence-electron chi connectivity index (χ4n) is 1.75. The zero-order valence-electron chi connectivity index (χ0n) is 10.3. The third kappa shape index (κ3) is 2.60. The molecule has 10 heteroatoms. The predicted molar refractivity (Wildman–Crippen MR) is 76.8 cm³/mol. The SMILES string of the molecule is O=c1[nH]c2ccc(S(=O)(=O)Nc3nccnc3Cl)cc2[nH]1. The highest BCUT2D eigenvalue weighted by atomic mass is 35.5. The normalized spacial score (nSPS) is 11.7. The van der Waals surface area contributed by atoms with Gasteiger partial charge in [0, 0.05) is 12.4 Å². The number of hydrogen-bond donors (Lipinski definition) is 3. The molecule has 0 unspecified atom stereocenters. The van der Waals surface area contributed by atoms with Crippen LogP contribution in [0.4, 0.5) is 5.82 Å². The molecule has 108 valence electrons. The van der Waals surface area contributed by atoms with Gasteiger partial charge in [0.2, 0.25) is 0 Å². The van der Waals surface area contributed by atoms with E-state index in [1.165, 1.54) is 30.6 Å². The van der Waals surface area contributed by atoms with Crippen molar-refractivity contribution in [3.05, 3.63) is 46.2 Å². The highest BCUT2D eigenvalue weighted by molar-refractivity contribution is 7.92. The molecule has 0 bridgehead atoms. The molecule has 8 nitrogen and oxygen atoms in total. The maximum atomic E-state index is 12.3. The van der Waals surface area contributed by atoms with Crippen LogP contribution >= 0.6 is 11.6 Å². The molecule has 0 spiro atoms. The van der Waals surface area contributed by atoms with Crippen LogP contribution in [0.3, 0.4) is 0 Å². The van der Waals surface area contributed by atoms with Gasteiger partial charge in [0.15, 0.2) is 11.0 Å². The van der Waals surface area contributed by atoms with Crippen molar-refractivity contribution in [2.75, 3.05) is 4.72 Å². The van der Waals surface area contributed by atoms with Gasteiger partial charge in [0.05, 0.1) is 15.9 Å². The monoisotopic (exact) mass is 325 g/mol. The van der Waals surface area contributed by atoms with Gasteiger partial charge >= 0.3 is 5.69 Å². The van der Waals surface area contributed by atoms with Crippen molar-refractivity contribution < 1.29 is 8.42 Å². The van der Waals surface area contributed by atoms with Gasteiger partial charge in [-0.3, -0.25) is 4.72 Å². The van der Waals surface area contributed by atoms with Gasteiger partial charge in [-0.25, -0.2) is 23.2 Å². The highest BCUT2D eigenvalue weighted by Crippen LogP contribution is 2.21. The maximum absolute atomic E-state index is 12.3. The second-order valence-electron chi connectivity index (χ2n) is 4.09. The summed E-state index contributed by atoms with van der Waals surface area (Å²) in [5, 5.41) is -0.0581. The molecule has 0 saturated heterocycles. The number of nitrogens with zero attached hydrogens (tertiary/aromatic N) is 2. The highest BCUT2D eigenvalue weighted by Gasteiger charge is 2.17. The van der Waals surface area contributed by atoms with Crippen LogP contribution in [0.2, 0.25) is 5.15 Å². The summed E-state index contributed by atoms with van der Waals surface area (Å²) in [5.41, 5.74) is 0.481. The Morgan fingerprint density at radius 1 is 1.10 bits per heavy atom. The number of aromatic amines is 2. The molecule has 2 aromatic heterocycles. The fourth-order valence-corrected chi connectivity index (χ4v) is 3.00. The number of halogens is 1. The largest absolute Gasteiger partial charge is 0.323 e. The topological polar surface area (TPSA) is 121 Å². The van der Waals surface area contributed by atoms with Crippen LogP contribution < -0.4 is 10.4 Å². The molecule has 0 radical (unpaired) electrons. The number of anilines is 1. The molecular formula is C11H8ClN5O3S. The zero-order chi connectivity index (χ0) is 15.0. The summed E-state index contributed by atoms with van der Waals surface area (Å²) < 4.78 is 26.8. The molecule has 3 aromatic rings. The second-order valence-corrected chi connectivity index (χ2v) is 6.13. The smallest absolute Gasteiger partial charge is 0.306 e. The van der Waals surface area contributed by atoms with E-state index in [4.69, 9.17) is 11.6 Å². The minimum atomic E-state index is -3.89. The van der Waals surface area contributed by atoms with Crippen molar-refractivity contribution >= 4 is 38.5 Å². The average molecular weight is 326 g/mol. The average Bonchev–Trinajstić information content (AvgIpc) is 2.80. The van der Waals surface area contributed by atoms with Gasteiger partial charge in [-0.15, -0.1) is 0 Å². The molecule has 0 aliphatic carbocycles. The molecule has 1 aromatic carbocycles. The van der Waals surface area contributed by atoms with Gasteiger partial charge in [0.1, 0.15) is 0 Å². The van der Waals surface area contributed by atoms with Crippen LogP contribution in [-0.4, -0.2) is 28.4 Å². The molecule has 0 aliphatic heterocycles. The molecule has 3 N–H and O–H groups in total. The molecular weight excluding hydrogens is 318 g/mol. The van der Waals surface area contributed by atoms with Crippen molar-refractivity contribution in [2.24, 2.45) is 0 Å². The first-order valence-corrected chi connectivity index (χ1v) is 7.53. The van der Waals surface area contributed by atoms with E-state index in [-0.39, 0.29) is 15.9 Å². The van der Waals surface area contributed by atoms with Gasteiger partial charge in [-0.1, -0.05) is 11.6 Å². The van der Waals surface area contributed by atoms with Crippen LogP contribution in [-0.2, 0) is 10.0 Å². The Morgan fingerprint density at radius 3 is 2.57 bits per heavy atom. The Labute approximate surface area is 123 Å². The Bertz CT molecular complexity index is 979. The number of imidazole rings is 1. The lowest BCUT2D eigenvalue weighted by atomic mass is 10.3. The number of H-pyrrole nitrogens is 2. The van der Waals surface area contributed by atoms with Gasteiger partial charge < -0.3 is 9.97 Å². The van der Waals surface area contributed by atoms with E-state index in [1.54, 1.807) is 0 Å². The molecule has 2 heterocycles. The number of sulfonamides is 1. The van der Waals surface area contributed by atoms with E-state index in [0.717, 1.165) is 0 Å². The van der Waals surface area contributed by atoms with Gasteiger partial charge in [-0.05, 0) is 18.2 Å². The minimum absolute atomic E-state index is 0.0352. The second kappa shape index (κ2) is 4.86.